The number of anilines is 1. The van der Waals surface area contributed by atoms with E-state index in [0.717, 1.165) is 30.8 Å². The molecule has 1 aliphatic heterocycles. The maximum Gasteiger partial charge on any atom is 0.125 e. The van der Waals surface area contributed by atoms with Gasteiger partial charge in [0.25, 0.3) is 0 Å². The molecule has 0 radical (unpaired) electrons. The van der Waals surface area contributed by atoms with Crippen LogP contribution < -0.4 is 10.2 Å². The zero-order valence-electron chi connectivity index (χ0n) is 10.6. The van der Waals surface area contributed by atoms with Crippen molar-refractivity contribution < 1.29 is 9.13 Å². The van der Waals surface area contributed by atoms with Gasteiger partial charge in [-0.05, 0) is 17.7 Å². The van der Waals surface area contributed by atoms with Crippen LogP contribution in [0.5, 0.6) is 0 Å². The van der Waals surface area contributed by atoms with Gasteiger partial charge in [-0.25, -0.2) is 4.39 Å². The van der Waals surface area contributed by atoms with Gasteiger partial charge in [0.15, 0.2) is 0 Å². The van der Waals surface area contributed by atoms with Crippen molar-refractivity contribution in [1.29, 1.82) is 0 Å². The quantitative estimate of drug-likeness (QED) is 0.858. The lowest BCUT2D eigenvalue weighted by molar-refractivity contribution is -0.0501. The summed E-state index contributed by atoms with van der Waals surface area (Å²) in [6.07, 6.45) is 0.810. The van der Waals surface area contributed by atoms with Gasteiger partial charge in [-0.2, -0.15) is 0 Å². The highest BCUT2D eigenvalue weighted by Crippen LogP contribution is 2.28. The SMILES string of the molecule is COC1(Cc2ccc(F)cc2N(C)C)CNC1. The van der Waals surface area contributed by atoms with Crippen LogP contribution in [-0.2, 0) is 11.2 Å². The standard InChI is InChI=1S/C13H19FN2O/c1-16(2)12-6-11(14)5-4-10(12)7-13(17-3)8-15-9-13/h4-6,15H,7-9H2,1-3H3. The Labute approximate surface area is 102 Å². The third-order valence-corrected chi connectivity index (χ3v) is 3.37. The predicted octanol–water partition coefficient (Wildman–Crippen LogP) is 1.42. The molecule has 1 aliphatic rings. The molecule has 1 aromatic rings. The van der Waals surface area contributed by atoms with E-state index in [1.807, 2.05) is 25.1 Å². The average molecular weight is 238 g/mol. The molecule has 4 heteroatoms. The van der Waals surface area contributed by atoms with Gasteiger partial charge in [0.1, 0.15) is 5.82 Å². The van der Waals surface area contributed by atoms with Crippen molar-refractivity contribution >= 4 is 5.69 Å². The predicted molar refractivity (Wildman–Crippen MR) is 67.0 cm³/mol. The van der Waals surface area contributed by atoms with E-state index in [0.29, 0.717) is 0 Å². The van der Waals surface area contributed by atoms with E-state index in [4.69, 9.17) is 4.74 Å². The van der Waals surface area contributed by atoms with Crippen LogP contribution in [0.1, 0.15) is 5.56 Å². The molecule has 0 aliphatic carbocycles. The van der Waals surface area contributed by atoms with Crippen molar-refractivity contribution in [2.24, 2.45) is 0 Å². The number of nitrogens with one attached hydrogen (secondary N) is 1. The highest BCUT2D eigenvalue weighted by molar-refractivity contribution is 5.53. The number of nitrogens with zero attached hydrogens (tertiary/aromatic N) is 1. The fraction of sp³-hybridized carbons (Fsp3) is 0.538. The molecular weight excluding hydrogens is 219 g/mol. The Morgan fingerprint density at radius 3 is 2.59 bits per heavy atom. The zero-order valence-corrected chi connectivity index (χ0v) is 10.6. The van der Waals surface area contributed by atoms with Crippen LogP contribution in [0.3, 0.4) is 0 Å². The van der Waals surface area contributed by atoms with E-state index in [9.17, 15) is 4.39 Å². The van der Waals surface area contributed by atoms with Gasteiger partial charge in [0, 0.05) is 46.4 Å². The molecule has 0 amide bonds. The van der Waals surface area contributed by atoms with Gasteiger partial charge in [-0.1, -0.05) is 6.07 Å². The molecular formula is C13H19FN2O. The summed E-state index contributed by atoms with van der Waals surface area (Å²) in [6.45, 7) is 1.71. The normalized spacial score (nSPS) is 17.6. The Morgan fingerprint density at radius 1 is 1.41 bits per heavy atom. The molecule has 0 bridgehead atoms. The molecule has 0 saturated carbocycles. The first-order valence-electron chi connectivity index (χ1n) is 5.78. The number of ether oxygens (including phenoxy) is 1. The van der Waals surface area contributed by atoms with Gasteiger partial charge in [0.2, 0.25) is 0 Å². The van der Waals surface area contributed by atoms with Gasteiger partial charge < -0.3 is 15.0 Å². The first-order chi connectivity index (χ1) is 8.06. The average Bonchev–Trinajstić information content (AvgIpc) is 2.25. The highest BCUT2D eigenvalue weighted by Gasteiger charge is 2.37. The molecule has 17 heavy (non-hydrogen) atoms. The van der Waals surface area contributed by atoms with Crippen molar-refractivity contribution in [2.75, 3.05) is 39.2 Å². The molecule has 3 nitrogen and oxygen atoms in total. The van der Waals surface area contributed by atoms with E-state index in [2.05, 4.69) is 5.32 Å². The molecule has 1 heterocycles. The molecule has 1 N–H and O–H groups in total. The summed E-state index contributed by atoms with van der Waals surface area (Å²) >= 11 is 0. The van der Waals surface area contributed by atoms with Crippen molar-refractivity contribution in [3.63, 3.8) is 0 Å². The molecule has 0 unspecified atom stereocenters. The minimum Gasteiger partial charge on any atom is -0.377 e. The maximum absolute atomic E-state index is 13.2. The van der Waals surface area contributed by atoms with Crippen LogP contribution in [0.15, 0.2) is 18.2 Å². The van der Waals surface area contributed by atoms with E-state index >= 15 is 0 Å². The Balaban J connectivity index is 2.25. The Kier molecular flexibility index (Phi) is 3.35. The van der Waals surface area contributed by atoms with Crippen LogP contribution in [0.4, 0.5) is 10.1 Å². The summed E-state index contributed by atoms with van der Waals surface area (Å²) < 4.78 is 18.8. The summed E-state index contributed by atoms with van der Waals surface area (Å²) in [5.74, 6) is -0.198. The largest absolute Gasteiger partial charge is 0.377 e. The number of hydrogen-bond donors (Lipinski definition) is 1. The summed E-state index contributed by atoms with van der Waals surface area (Å²) in [6, 6.07) is 4.94. The molecule has 1 fully saturated rings. The minimum atomic E-state index is -0.198. The lowest BCUT2D eigenvalue weighted by atomic mass is 9.88. The Hall–Kier alpha value is -1.13. The fourth-order valence-electron chi connectivity index (χ4n) is 2.20. The second kappa shape index (κ2) is 4.63. The van der Waals surface area contributed by atoms with Crippen molar-refractivity contribution in [1.82, 2.24) is 5.32 Å². The van der Waals surface area contributed by atoms with Gasteiger partial charge in [-0.15, -0.1) is 0 Å². The van der Waals surface area contributed by atoms with E-state index in [-0.39, 0.29) is 11.4 Å². The van der Waals surface area contributed by atoms with E-state index < -0.39 is 0 Å². The molecule has 0 atom stereocenters. The highest BCUT2D eigenvalue weighted by atomic mass is 19.1. The fourth-order valence-corrected chi connectivity index (χ4v) is 2.20. The third-order valence-electron chi connectivity index (χ3n) is 3.37. The van der Waals surface area contributed by atoms with Crippen molar-refractivity contribution in [2.45, 2.75) is 12.0 Å². The van der Waals surface area contributed by atoms with Crippen LogP contribution in [-0.4, -0.2) is 39.9 Å². The van der Waals surface area contributed by atoms with Gasteiger partial charge in [0.05, 0.1) is 5.60 Å². The number of halogens is 1. The Morgan fingerprint density at radius 2 is 2.12 bits per heavy atom. The van der Waals surface area contributed by atoms with Gasteiger partial charge in [-0.3, -0.25) is 0 Å². The number of rotatable bonds is 4. The van der Waals surface area contributed by atoms with Gasteiger partial charge >= 0.3 is 0 Å². The molecule has 0 aromatic heterocycles. The maximum atomic E-state index is 13.2. The molecule has 2 rings (SSSR count). The molecule has 0 spiro atoms. The Bertz CT molecular complexity index is 397. The summed E-state index contributed by atoms with van der Waals surface area (Å²) in [4.78, 5) is 1.94. The first kappa shape index (κ1) is 12.3. The van der Waals surface area contributed by atoms with Crippen molar-refractivity contribution in [3.8, 4) is 0 Å². The summed E-state index contributed by atoms with van der Waals surface area (Å²) in [7, 11) is 5.59. The summed E-state index contributed by atoms with van der Waals surface area (Å²) in [5, 5.41) is 3.22. The van der Waals surface area contributed by atoms with E-state index in [1.165, 1.54) is 6.07 Å². The van der Waals surface area contributed by atoms with E-state index in [1.54, 1.807) is 13.2 Å². The summed E-state index contributed by atoms with van der Waals surface area (Å²) in [5.41, 5.74) is 1.93. The topological polar surface area (TPSA) is 24.5 Å². The monoisotopic (exact) mass is 238 g/mol. The number of hydrogen-bond acceptors (Lipinski definition) is 3. The zero-order chi connectivity index (χ0) is 12.5. The van der Waals surface area contributed by atoms with Crippen LogP contribution in [0.2, 0.25) is 0 Å². The smallest absolute Gasteiger partial charge is 0.125 e. The lowest BCUT2D eigenvalue weighted by Gasteiger charge is -2.42. The second-order valence-corrected chi connectivity index (χ2v) is 4.83. The van der Waals surface area contributed by atoms with Crippen LogP contribution >= 0.6 is 0 Å². The number of methoxy groups -OCH3 is 1. The van der Waals surface area contributed by atoms with Crippen LogP contribution in [0, 0.1) is 5.82 Å². The number of benzene rings is 1. The molecule has 94 valence electrons. The minimum absolute atomic E-state index is 0.122. The third kappa shape index (κ3) is 2.42. The lowest BCUT2D eigenvalue weighted by Crippen LogP contribution is -2.61. The second-order valence-electron chi connectivity index (χ2n) is 4.83. The first-order valence-corrected chi connectivity index (χ1v) is 5.78. The molecule has 1 aromatic carbocycles. The molecule has 1 saturated heterocycles. The van der Waals surface area contributed by atoms with Crippen molar-refractivity contribution in [3.05, 3.63) is 29.6 Å². The van der Waals surface area contributed by atoms with Crippen LogP contribution in [0.25, 0.3) is 0 Å².